The number of amides is 1. The fourth-order valence-corrected chi connectivity index (χ4v) is 2.26. The van der Waals surface area contributed by atoms with Gasteiger partial charge in [-0.25, -0.2) is 4.39 Å². The van der Waals surface area contributed by atoms with Gasteiger partial charge in [0.1, 0.15) is 5.82 Å². The molecule has 1 heterocycles. The Morgan fingerprint density at radius 2 is 1.59 bits per heavy atom. The minimum atomic E-state index is -4.52. The summed E-state index contributed by atoms with van der Waals surface area (Å²) in [4.78, 5) is 12.0. The second kappa shape index (κ2) is 7.40. The van der Waals surface area contributed by atoms with E-state index in [0.29, 0.717) is 0 Å². The van der Waals surface area contributed by atoms with Gasteiger partial charge in [0.15, 0.2) is 11.6 Å². The molecule has 2 N–H and O–H groups in total. The van der Waals surface area contributed by atoms with Crippen molar-refractivity contribution in [2.45, 2.75) is 6.18 Å². The Kier molecular flexibility index (Phi) is 5.02. The molecule has 3 aromatic rings. The highest BCUT2D eigenvalue weighted by atomic mass is 19.4. The molecule has 0 atom stereocenters. The average Bonchev–Trinajstić information content (AvgIpc) is 2.63. The molecule has 0 saturated carbocycles. The van der Waals surface area contributed by atoms with Crippen LogP contribution in [0.4, 0.5) is 34.9 Å². The second-order valence-corrected chi connectivity index (χ2v) is 5.44. The van der Waals surface area contributed by atoms with E-state index in [1.165, 1.54) is 48.5 Å². The Morgan fingerprint density at radius 1 is 0.889 bits per heavy atom. The van der Waals surface area contributed by atoms with E-state index in [9.17, 15) is 22.4 Å². The van der Waals surface area contributed by atoms with Crippen molar-refractivity contribution in [3.8, 4) is 0 Å². The van der Waals surface area contributed by atoms with Gasteiger partial charge < -0.3 is 10.6 Å². The number of carbonyl (C=O) groups excluding carboxylic acids is 1. The number of halogens is 4. The molecule has 1 aromatic heterocycles. The summed E-state index contributed by atoms with van der Waals surface area (Å²) in [6.07, 6.45) is -4.52. The van der Waals surface area contributed by atoms with Crippen molar-refractivity contribution in [1.29, 1.82) is 0 Å². The van der Waals surface area contributed by atoms with Gasteiger partial charge in [0.2, 0.25) is 0 Å². The third-order valence-corrected chi connectivity index (χ3v) is 3.49. The lowest BCUT2D eigenvalue weighted by Gasteiger charge is -2.13. The summed E-state index contributed by atoms with van der Waals surface area (Å²) < 4.78 is 52.1. The van der Waals surface area contributed by atoms with Crippen LogP contribution in [0.1, 0.15) is 15.9 Å². The molecule has 27 heavy (non-hydrogen) atoms. The van der Waals surface area contributed by atoms with Crippen molar-refractivity contribution in [3.63, 3.8) is 0 Å². The van der Waals surface area contributed by atoms with E-state index in [2.05, 4.69) is 20.8 Å². The molecule has 0 aliphatic heterocycles. The summed E-state index contributed by atoms with van der Waals surface area (Å²) in [6, 6.07) is 12.8. The minimum Gasteiger partial charge on any atom is -0.338 e. The topological polar surface area (TPSA) is 66.9 Å². The van der Waals surface area contributed by atoms with Crippen molar-refractivity contribution in [1.82, 2.24) is 10.2 Å². The summed E-state index contributed by atoms with van der Waals surface area (Å²) in [5.41, 5.74) is -0.913. The highest BCUT2D eigenvalue weighted by molar-refractivity contribution is 6.03. The molecule has 0 spiro atoms. The molecule has 138 valence electrons. The van der Waals surface area contributed by atoms with Crippen molar-refractivity contribution in [3.05, 3.63) is 77.6 Å². The normalized spacial score (nSPS) is 11.1. The zero-order valence-electron chi connectivity index (χ0n) is 13.6. The number of hydrogen-bond acceptors (Lipinski definition) is 4. The van der Waals surface area contributed by atoms with Crippen molar-refractivity contribution in [2.24, 2.45) is 0 Å². The first kappa shape index (κ1) is 18.3. The number of benzene rings is 2. The predicted molar refractivity (Wildman–Crippen MR) is 91.1 cm³/mol. The van der Waals surface area contributed by atoms with Gasteiger partial charge in [0.25, 0.3) is 5.91 Å². The zero-order valence-corrected chi connectivity index (χ0v) is 13.6. The molecule has 0 aliphatic rings. The van der Waals surface area contributed by atoms with Gasteiger partial charge in [0, 0.05) is 5.56 Å². The zero-order chi connectivity index (χ0) is 19.4. The quantitative estimate of drug-likeness (QED) is 0.652. The maximum Gasteiger partial charge on any atom is 0.418 e. The van der Waals surface area contributed by atoms with Gasteiger partial charge in [-0.3, -0.25) is 4.79 Å². The lowest BCUT2D eigenvalue weighted by Crippen LogP contribution is -2.14. The summed E-state index contributed by atoms with van der Waals surface area (Å²) in [5.74, 6) is -1.02. The van der Waals surface area contributed by atoms with Crippen LogP contribution < -0.4 is 10.6 Å². The van der Waals surface area contributed by atoms with E-state index >= 15 is 0 Å². The van der Waals surface area contributed by atoms with E-state index in [1.807, 2.05) is 0 Å². The van der Waals surface area contributed by atoms with Crippen LogP contribution in [0, 0.1) is 5.82 Å². The number of alkyl halides is 3. The first-order valence-corrected chi connectivity index (χ1v) is 7.67. The Balaban J connectivity index is 1.72. The van der Waals surface area contributed by atoms with E-state index in [1.54, 1.807) is 0 Å². The predicted octanol–water partition coefficient (Wildman–Crippen LogP) is 4.63. The molecule has 0 bridgehead atoms. The largest absolute Gasteiger partial charge is 0.418 e. The number of nitrogens with one attached hydrogen (secondary N) is 2. The molecule has 0 unspecified atom stereocenters. The van der Waals surface area contributed by atoms with Crippen LogP contribution in [-0.4, -0.2) is 16.1 Å². The molecule has 2 aromatic carbocycles. The van der Waals surface area contributed by atoms with E-state index in [4.69, 9.17) is 0 Å². The summed E-state index contributed by atoms with van der Waals surface area (Å²) >= 11 is 0. The number of para-hydroxylation sites is 1. The van der Waals surface area contributed by atoms with Crippen LogP contribution in [0.25, 0.3) is 0 Å². The summed E-state index contributed by atoms with van der Waals surface area (Å²) in [6.45, 7) is 0. The van der Waals surface area contributed by atoms with E-state index < -0.39 is 23.5 Å². The molecule has 5 nitrogen and oxygen atoms in total. The highest BCUT2D eigenvalue weighted by Gasteiger charge is 2.33. The van der Waals surface area contributed by atoms with Crippen LogP contribution in [0.3, 0.4) is 0 Å². The molecule has 0 fully saturated rings. The highest BCUT2D eigenvalue weighted by Crippen LogP contribution is 2.35. The molecule has 3 rings (SSSR count). The number of hydrogen-bond donors (Lipinski definition) is 2. The van der Waals surface area contributed by atoms with Gasteiger partial charge in [-0.15, -0.1) is 10.2 Å². The fourth-order valence-electron chi connectivity index (χ4n) is 2.26. The number of anilines is 3. The Morgan fingerprint density at radius 3 is 2.26 bits per heavy atom. The Bertz CT molecular complexity index is 958. The van der Waals surface area contributed by atoms with Gasteiger partial charge in [-0.1, -0.05) is 18.2 Å². The van der Waals surface area contributed by atoms with Crippen LogP contribution in [0.2, 0.25) is 0 Å². The number of rotatable bonds is 4. The molecule has 0 saturated heterocycles. The standard InChI is InChI=1S/C18H12F4N4O/c19-12-5-3-4-11(10-12)17(27)24-16-9-8-15(25-26-16)23-14-7-2-1-6-13(14)18(20,21)22/h1-10H,(H,23,25)(H,24,26,27). The lowest BCUT2D eigenvalue weighted by atomic mass is 10.1. The molecule has 0 radical (unpaired) electrons. The average molecular weight is 376 g/mol. The maximum atomic E-state index is 13.1. The number of nitrogens with zero attached hydrogens (tertiary/aromatic N) is 2. The van der Waals surface area contributed by atoms with Crippen LogP contribution in [-0.2, 0) is 6.18 Å². The smallest absolute Gasteiger partial charge is 0.338 e. The molecule has 0 aliphatic carbocycles. The molecule has 9 heteroatoms. The second-order valence-electron chi connectivity index (χ2n) is 5.44. The van der Waals surface area contributed by atoms with Crippen molar-refractivity contribution >= 4 is 23.2 Å². The van der Waals surface area contributed by atoms with Crippen molar-refractivity contribution in [2.75, 3.05) is 10.6 Å². The van der Waals surface area contributed by atoms with E-state index in [-0.39, 0.29) is 22.9 Å². The monoisotopic (exact) mass is 376 g/mol. The van der Waals surface area contributed by atoms with Crippen molar-refractivity contribution < 1.29 is 22.4 Å². The first-order chi connectivity index (χ1) is 12.8. The number of carbonyl (C=O) groups is 1. The SMILES string of the molecule is O=C(Nc1ccc(Nc2ccccc2C(F)(F)F)nn1)c1cccc(F)c1. The molecule has 1 amide bonds. The fraction of sp³-hybridized carbons (Fsp3) is 0.0556. The third-order valence-electron chi connectivity index (χ3n) is 3.49. The van der Waals surface area contributed by atoms with Gasteiger partial charge in [-0.2, -0.15) is 13.2 Å². The van der Waals surface area contributed by atoms with Crippen LogP contribution >= 0.6 is 0 Å². The summed E-state index contributed by atoms with van der Waals surface area (Å²) in [7, 11) is 0. The number of aromatic nitrogens is 2. The van der Waals surface area contributed by atoms with Gasteiger partial charge in [-0.05, 0) is 42.5 Å². The molecular weight excluding hydrogens is 364 g/mol. The Labute approximate surface area is 151 Å². The summed E-state index contributed by atoms with van der Waals surface area (Å²) in [5, 5.41) is 12.4. The van der Waals surface area contributed by atoms with Gasteiger partial charge >= 0.3 is 6.18 Å². The Hall–Kier alpha value is -3.49. The van der Waals surface area contributed by atoms with Gasteiger partial charge in [0.05, 0.1) is 11.3 Å². The third kappa shape index (κ3) is 4.57. The van der Waals surface area contributed by atoms with Crippen LogP contribution in [0.15, 0.2) is 60.7 Å². The minimum absolute atomic E-state index is 0.0652. The lowest BCUT2D eigenvalue weighted by molar-refractivity contribution is -0.136. The first-order valence-electron chi connectivity index (χ1n) is 7.67. The van der Waals surface area contributed by atoms with Crippen LogP contribution in [0.5, 0.6) is 0 Å². The van der Waals surface area contributed by atoms with E-state index in [0.717, 1.165) is 12.1 Å². The maximum absolute atomic E-state index is 13.1. The molecular formula is C18H12F4N4O.